The van der Waals surface area contributed by atoms with Gasteiger partial charge in [0.25, 0.3) is 0 Å². The second-order valence-corrected chi connectivity index (χ2v) is 1.94. The maximum atomic E-state index is 9.86. The highest BCUT2D eigenvalue weighted by Crippen LogP contribution is 1.91. The molecule has 0 fully saturated rings. The third kappa shape index (κ3) is 2.96. The van der Waals surface area contributed by atoms with Gasteiger partial charge >= 0.3 is 0 Å². The van der Waals surface area contributed by atoms with Gasteiger partial charge in [-0.25, -0.2) is 5.11 Å². The average molecular weight is 118 g/mol. The Morgan fingerprint density at radius 1 is 1.62 bits per heavy atom. The van der Waals surface area contributed by atoms with Crippen molar-refractivity contribution in [2.45, 2.75) is 12.6 Å². The summed E-state index contributed by atoms with van der Waals surface area (Å²) >= 11 is 0. The van der Waals surface area contributed by atoms with Crippen LogP contribution < -0.4 is 0 Å². The van der Waals surface area contributed by atoms with Crippen molar-refractivity contribution < 1.29 is 10.2 Å². The summed E-state index contributed by atoms with van der Waals surface area (Å²) in [4.78, 5) is 1.61. The van der Waals surface area contributed by atoms with E-state index in [2.05, 4.69) is 0 Å². The lowest BCUT2D eigenvalue weighted by atomic mass is 10.4. The third-order valence-electron chi connectivity index (χ3n) is 0.972. The maximum Gasteiger partial charge on any atom is 0.109 e. The predicted octanol–water partition coefficient (Wildman–Crippen LogP) is -0.313. The summed E-state index contributed by atoms with van der Waals surface area (Å²) in [6.45, 7) is -0.209. The second kappa shape index (κ2) is 3.83. The van der Waals surface area contributed by atoms with Gasteiger partial charge in [-0.15, -0.1) is 0 Å². The summed E-state index contributed by atoms with van der Waals surface area (Å²) in [6, 6.07) is 0. The zero-order valence-electron chi connectivity index (χ0n) is 5.29. The van der Waals surface area contributed by atoms with Crippen LogP contribution in [0.1, 0.15) is 6.42 Å². The van der Waals surface area contributed by atoms with Gasteiger partial charge in [0.1, 0.15) is 6.23 Å². The average Bonchev–Trinajstić information content (AvgIpc) is 1.67. The molecular formula is C5H12NO2. The Hall–Kier alpha value is -0.120. The summed E-state index contributed by atoms with van der Waals surface area (Å²) in [5.74, 6) is 0. The van der Waals surface area contributed by atoms with Gasteiger partial charge in [0.05, 0.1) is 6.61 Å². The molecule has 1 N–H and O–H groups in total. The van der Waals surface area contributed by atoms with Gasteiger partial charge in [-0.3, -0.25) is 4.90 Å². The zero-order chi connectivity index (χ0) is 6.57. The highest BCUT2D eigenvalue weighted by Gasteiger charge is 2.03. The molecule has 0 spiro atoms. The molecule has 3 nitrogen and oxygen atoms in total. The number of hydrogen-bond acceptors (Lipinski definition) is 2. The number of rotatable bonds is 3. The first-order valence-corrected chi connectivity index (χ1v) is 2.61. The molecule has 0 bridgehead atoms. The first kappa shape index (κ1) is 7.88. The van der Waals surface area contributed by atoms with Crippen LogP contribution in [0.25, 0.3) is 0 Å². The minimum absolute atomic E-state index is 0.209. The Morgan fingerprint density at radius 2 is 2.12 bits per heavy atom. The fourth-order valence-electron chi connectivity index (χ4n) is 0.364. The number of nitrogens with zero attached hydrogens (tertiary/aromatic N) is 1. The second-order valence-electron chi connectivity index (χ2n) is 1.94. The van der Waals surface area contributed by atoms with Gasteiger partial charge in [0.2, 0.25) is 0 Å². The molecule has 0 aromatic carbocycles. The van der Waals surface area contributed by atoms with E-state index in [9.17, 15) is 5.11 Å². The van der Waals surface area contributed by atoms with E-state index in [4.69, 9.17) is 5.11 Å². The Kier molecular flexibility index (Phi) is 3.77. The Labute approximate surface area is 49.5 Å². The maximum absolute atomic E-state index is 9.86. The normalized spacial score (nSPS) is 14.6. The van der Waals surface area contributed by atoms with Gasteiger partial charge in [-0.2, -0.15) is 0 Å². The van der Waals surface area contributed by atoms with E-state index in [1.807, 2.05) is 0 Å². The molecule has 0 aliphatic carbocycles. The van der Waals surface area contributed by atoms with Crippen LogP contribution in [0, 0.1) is 0 Å². The van der Waals surface area contributed by atoms with E-state index in [-0.39, 0.29) is 6.61 Å². The van der Waals surface area contributed by atoms with Crippen LogP contribution in [0.3, 0.4) is 0 Å². The summed E-state index contributed by atoms with van der Waals surface area (Å²) in [6.07, 6.45) is -0.250. The van der Waals surface area contributed by atoms with E-state index >= 15 is 0 Å². The van der Waals surface area contributed by atoms with E-state index in [1.165, 1.54) is 0 Å². The monoisotopic (exact) mass is 118 g/mol. The smallest absolute Gasteiger partial charge is 0.109 e. The first-order valence-electron chi connectivity index (χ1n) is 2.61. The van der Waals surface area contributed by atoms with Crippen LogP contribution in [0.4, 0.5) is 0 Å². The van der Waals surface area contributed by atoms with E-state index in [0.29, 0.717) is 6.42 Å². The minimum Gasteiger partial charge on any atom is -0.378 e. The molecule has 1 radical (unpaired) electrons. The number of hydrogen-bond donors (Lipinski definition) is 1. The van der Waals surface area contributed by atoms with Crippen LogP contribution in [0.2, 0.25) is 0 Å². The van der Waals surface area contributed by atoms with Gasteiger partial charge in [0.15, 0.2) is 0 Å². The van der Waals surface area contributed by atoms with Crippen molar-refractivity contribution >= 4 is 0 Å². The summed E-state index contributed by atoms with van der Waals surface area (Å²) < 4.78 is 0. The molecule has 0 heterocycles. The molecule has 49 valence electrons. The molecule has 0 aromatic rings. The van der Waals surface area contributed by atoms with Crippen LogP contribution >= 0.6 is 0 Å². The van der Waals surface area contributed by atoms with E-state index in [1.54, 1.807) is 19.0 Å². The van der Waals surface area contributed by atoms with Crippen LogP contribution in [-0.2, 0) is 5.11 Å². The predicted molar refractivity (Wildman–Crippen MR) is 29.9 cm³/mol. The quantitative estimate of drug-likeness (QED) is 0.516. The largest absolute Gasteiger partial charge is 0.378 e. The van der Waals surface area contributed by atoms with Crippen LogP contribution in [-0.4, -0.2) is 36.9 Å². The fraction of sp³-hybridized carbons (Fsp3) is 1.00. The van der Waals surface area contributed by atoms with Gasteiger partial charge in [-0.1, -0.05) is 0 Å². The lowest BCUT2D eigenvalue weighted by molar-refractivity contribution is 0.0101. The van der Waals surface area contributed by atoms with Crippen molar-refractivity contribution in [1.82, 2.24) is 4.90 Å². The Morgan fingerprint density at radius 3 is 2.25 bits per heavy atom. The summed E-state index contributed by atoms with van der Waals surface area (Å²) in [5.41, 5.74) is 0. The highest BCUT2D eigenvalue weighted by atomic mass is 16.3. The van der Waals surface area contributed by atoms with Gasteiger partial charge < -0.3 is 5.11 Å². The zero-order valence-corrected chi connectivity index (χ0v) is 5.29. The molecule has 8 heavy (non-hydrogen) atoms. The molecule has 3 heteroatoms. The summed E-state index contributed by atoms with van der Waals surface area (Å²) in [7, 11) is 3.47. The van der Waals surface area contributed by atoms with E-state index in [0.717, 1.165) is 0 Å². The van der Waals surface area contributed by atoms with Gasteiger partial charge in [-0.05, 0) is 14.1 Å². The molecule has 0 rings (SSSR count). The van der Waals surface area contributed by atoms with Crippen molar-refractivity contribution in [2.24, 2.45) is 0 Å². The molecule has 0 aromatic heterocycles. The molecule has 1 atom stereocenters. The SMILES string of the molecule is CN(C)C(O)CC[O]. The molecule has 0 aliphatic heterocycles. The topological polar surface area (TPSA) is 43.4 Å². The van der Waals surface area contributed by atoms with Crippen molar-refractivity contribution in [3.05, 3.63) is 0 Å². The lowest BCUT2D eigenvalue weighted by Gasteiger charge is -2.15. The molecule has 0 saturated heterocycles. The molecular weight excluding hydrogens is 106 g/mol. The van der Waals surface area contributed by atoms with Crippen LogP contribution in [0.15, 0.2) is 0 Å². The molecule has 1 unspecified atom stereocenters. The Balaban J connectivity index is 3.17. The van der Waals surface area contributed by atoms with Crippen molar-refractivity contribution in [2.75, 3.05) is 20.7 Å². The lowest BCUT2D eigenvalue weighted by Crippen LogP contribution is -2.27. The molecule has 0 saturated carbocycles. The number of aliphatic hydroxyl groups excluding tert-OH is 1. The standard InChI is InChI=1S/C5H12NO2/c1-6(2)5(8)3-4-7/h5,8H,3-4H2,1-2H3. The third-order valence-corrected chi connectivity index (χ3v) is 0.972. The fourth-order valence-corrected chi connectivity index (χ4v) is 0.364. The van der Waals surface area contributed by atoms with Crippen molar-refractivity contribution in [3.63, 3.8) is 0 Å². The van der Waals surface area contributed by atoms with E-state index < -0.39 is 6.23 Å². The summed E-state index contributed by atoms with van der Waals surface area (Å²) in [5, 5.41) is 18.7. The van der Waals surface area contributed by atoms with Gasteiger partial charge in [0, 0.05) is 6.42 Å². The van der Waals surface area contributed by atoms with Crippen molar-refractivity contribution in [3.8, 4) is 0 Å². The Bertz CT molecular complexity index is 56.4. The number of aliphatic hydroxyl groups is 1. The molecule has 0 aliphatic rings. The van der Waals surface area contributed by atoms with Crippen molar-refractivity contribution in [1.29, 1.82) is 0 Å². The minimum atomic E-state index is -0.563. The highest BCUT2D eigenvalue weighted by molar-refractivity contribution is 4.47. The van der Waals surface area contributed by atoms with Crippen LogP contribution in [0.5, 0.6) is 0 Å². The molecule has 0 amide bonds. The first-order chi connectivity index (χ1) is 3.68.